The van der Waals surface area contributed by atoms with Crippen molar-refractivity contribution in [2.45, 2.75) is 13.8 Å². The third-order valence-electron chi connectivity index (χ3n) is 3.97. The molecule has 0 unspecified atom stereocenters. The molecule has 4 aromatic rings. The summed E-state index contributed by atoms with van der Waals surface area (Å²) in [6.07, 6.45) is 1.87. The molecular weight excluding hydrogens is 332 g/mol. The minimum Gasteiger partial charge on any atom is -0.296 e. The van der Waals surface area contributed by atoms with Gasteiger partial charge in [0, 0.05) is 17.1 Å². The largest absolute Gasteiger partial charge is 0.296 e. The Hall–Kier alpha value is -2.99. The number of hydrogen-bond acceptors (Lipinski definition) is 4. The first-order valence-electron chi connectivity index (χ1n) is 7.89. The fourth-order valence-corrected chi connectivity index (χ4v) is 3.48. The van der Waals surface area contributed by atoms with Crippen LogP contribution in [0.1, 0.15) is 21.7 Å². The van der Waals surface area contributed by atoms with Gasteiger partial charge in [0.15, 0.2) is 5.13 Å². The van der Waals surface area contributed by atoms with E-state index in [1.165, 1.54) is 11.3 Å². The maximum atomic E-state index is 12.7. The van der Waals surface area contributed by atoms with Crippen molar-refractivity contribution >= 4 is 28.0 Å². The molecule has 0 radical (unpaired) electrons. The van der Waals surface area contributed by atoms with Crippen molar-refractivity contribution in [2.75, 3.05) is 5.32 Å². The van der Waals surface area contributed by atoms with Gasteiger partial charge in [-0.1, -0.05) is 30.3 Å². The third kappa shape index (κ3) is 2.92. The van der Waals surface area contributed by atoms with E-state index < -0.39 is 0 Å². The highest BCUT2D eigenvalue weighted by atomic mass is 32.1. The summed E-state index contributed by atoms with van der Waals surface area (Å²) in [5.41, 5.74) is 4.99. The molecular formula is C19H16N4OS. The molecule has 3 aromatic heterocycles. The number of nitrogens with one attached hydrogen (secondary N) is 1. The number of carbonyl (C=O) groups is 1. The van der Waals surface area contributed by atoms with Crippen LogP contribution in [0.15, 0.2) is 54.0 Å². The summed E-state index contributed by atoms with van der Waals surface area (Å²) in [7, 11) is 0. The Morgan fingerprint density at radius 1 is 1.12 bits per heavy atom. The number of aromatic nitrogens is 3. The maximum absolute atomic E-state index is 12.7. The smallest absolute Gasteiger partial charge is 0.276 e. The average Bonchev–Trinajstić information content (AvgIpc) is 3.18. The van der Waals surface area contributed by atoms with Crippen molar-refractivity contribution in [3.05, 3.63) is 71.0 Å². The van der Waals surface area contributed by atoms with Gasteiger partial charge >= 0.3 is 0 Å². The minimum atomic E-state index is -0.206. The molecule has 0 bridgehead atoms. The quantitative estimate of drug-likeness (QED) is 0.599. The summed E-state index contributed by atoms with van der Waals surface area (Å²) in [5.74, 6) is -0.206. The lowest BCUT2D eigenvalue weighted by Gasteiger charge is -2.03. The Morgan fingerprint density at radius 3 is 2.72 bits per heavy atom. The number of rotatable bonds is 3. The number of nitrogens with zero attached hydrogens (tertiary/aromatic N) is 3. The van der Waals surface area contributed by atoms with Crippen LogP contribution in [-0.2, 0) is 0 Å². The second kappa shape index (κ2) is 6.14. The summed E-state index contributed by atoms with van der Waals surface area (Å²) < 4.78 is 1.81. The SMILES string of the molecule is Cc1ccn2c(C(=O)Nc3nc(-c4ccccc4)cs3)c(C)nc2c1. The lowest BCUT2D eigenvalue weighted by molar-refractivity contribution is 0.102. The molecule has 1 N–H and O–H groups in total. The van der Waals surface area contributed by atoms with Gasteiger partial charge in [-0.05, 0) is 31.5 Å². The molecule has 0 spiro atoms. The summed E-state index contributed by atoms with van der Waals surface area (Å²) in [4.78, 5) is 21.7. The van der Waals surface area contributed by atoms with E-state index in [9.17, 15) is 4.79 Å². The van der Waals surface area contributed by atoms with Gasteiger partial charge in [0.1, 0.15) is 11.3 Å². The van der Waals surface area contributed by atoms with Crippen molar-refractivity contribution in [1.82, 2.24) is 14.4 Å². The predicted octanol–water partition coefficient (Wildman–Crippen LogP) is 4.33. The standard InChI is InChI=1S/C19H16N4OS/c1-12-8-9-23-16(10-12)20-13(2)17(23)18(24)22-19-21-15(11-25-19)14-6-4-3-5-7-14/h3-11H,1-2H3,(H,21,22,24). The van der Waals surface area contributed by atoms with Gasteiger partial charge in [-0.15, -0.1) is 11.3 Å². The molecule has 4 rings (SSSR count). The monoisotopic (exact) mass is 348 g/mol. The maximum Gasteiger partial charge on any atom is 0.276 e. The van der Waals surface area contributed by atoms with Gasteiger partial charge in [-0.3, -0.25) is 14.5 Å². The number of fused-ring (bicyclic) bond motifs is 1. The first-order chi connectivity index (χ1) is 12.1. The molecule has 124 valence electrons. The molecule has 25 heavy (non-hydrogen) atoms. The molecule has 0 aliphatic rings. The van der Waals surface area contributed by atoms with Crippen LogP contribution in [0.3, 0.4) is 0 Å². The Bertz CT molecular complexity index is 1070. The lowest BCUT2D eigenvalue weighted by Crippen LogP contribution is -2.15. The van der Waals surface area contributed by atoms with Crippen LogP contribution in [0, 0.1) is 13.8 Å². The number of anilines is 1. The Labute approximate surface area is 149 Å². The highest BCUT2D eigenvalue weighted by Gasteiger charge is 2.18. The summed E-state index contributed by atoms with van der Waals surface area (Å²) in [5, 5.41) is 5.40. The van der Waals surface area contributed by atoms with Crippen LogP contribution >= 0.6 is 11.3 Å². The highest BCUT2D eigenvalue weighted by molar-refractivity contribution is 7.14. The molecule has 0 saturated heterocycles. The summed E-state index contributed by atoms with van der Waals surface area (Å²) in [6, 6.07) is 13.8. The van der Waals surface area contributed by atoms with E-state index in [0.29, 0.717) is 16.5 Å². The molecule has 0 aliphatic carbocycles. The van der Waals surface area contributed by atoms with E-state index in [4.69, 9.17) is 0 Å². The fraction of sp³-hybridized carbons (Fsp3) is 0.105. The van der Waals surface area contributed by atoms with Gasteiger partial charge in [0.05, 0.1) is 11.4 Å². The number of imidazole rings is 1. The van der Waals surface area contributed by atoms with E-state index in [1.54, 1.807) is 0 Å². The molecule has 0 aliphatic heterocycles. The Morgan fingerprint density at radius 2 is 1.92 bits per heavy atom. The fourth-order valence-electron chi connectivity index (χ4n) is 2.77. The third-order valence-corrected chi connectivity index (χ3v) is 4.72. The van der Waals surface area contributed by atoms with Crippen LogP contribution in [0.4, 0.5) is 5.13 Å². The van der Waals surface area contributed by atoms with E-state index >= 15 is 0 Å². The summed E-state index contributed by atoms with van der Waals surface area (Å²) in [6.45, 7) is 3.85. The minimum absolute atomic E-state index is 0.206. The second-order valence-electron chi connectivity index (χ2n) is 5.84. The molecule has 0 fully saturated rings. The van der Waals surface area contributed by atoms with Crippen molar-refractivity contribution in [3.8, 4) is 11.3 Å². The van der Waals surface area contributed by atoms with Crippen LogP contribution in [0.5, 0.6) is 0 Å². The molecule has 1 amide bonds. The molecule has 6 heteroatoms. The van der Waals surface area contributed by atoms with E-state index in [0.717, 1.165) is 22.5 Å². The molecule has 0 saturated carbocycles. The van der Waals surface area contributed by atoms with E-state index in [-0.39, 0.29) is 5.91 Å². The van der Waals surface area contributed by atoms with Crippen molar-refractivity contribution in [2.24, 2.45) is 0 Å². The Kier molecular flexibility index (Phi) is 3.82. The average molecular weight is 348 g/mol. The predicted molar refractivity (Wildman–Crippen MR) is 100 cm³/mol. The molecule has 3 heterocycles. The number of carbonyl (C=O) groups excluding carboxylic acids is 1. The number of thiazole rings is 1. The van der Waals surface area contributed by atoms with Crippen LogP contribution in [-0.4, -0.2) is 20.3 Å². The first-order valence-corrected chi connectivity index (χ1v) is 8.77. The van der Waals surface area contributed by atoms with Crippen LogP contribution in [0.25, 0.3) is 16.9 Å². The zero-order valence-electron chi connectivity index (χ0n) is 13.9. The molecule has 5 nitrogen and oxygen atoms in total. The van der Waals surface area contributed by atoms with Crippen LogP contribution in [0.2, 0.25) is 0 Å². The van der Waals surface area contributed by atoms with Gasteiger partial charge in [0.2, 0.25) is 0 Å². The van der Waals surface area contributed by atoms with Gasteiger partial charge < -0.3 is 0 Å². The lowest BCUT2D eigenvalue weighted by atomic mass is 10.2. The number of benzene rings is 1. The second-order valence-corrected chi connectivity index (χ2v) is 6.69. The number of hydrogen-bond donors (Lipinski definition) is 1. The van der Waals surface area contributed by atoms with Crippen LogP contribution < -0.4 is 5.32 Å². The van der Waals surface area contributed by atoms with Gasteiger partial charge in [-0.25, -0.2) is 9.97 Å². The van der Waals surface area contributed by atoms with E-state index in [2.05, 4.69) is 15.3 Å². The van der Waals surface area contributed by atoms with Gasteiger partial charge in [-0.2, -0.15) is 0 Å². The first kappa shape index (κ1) is 15.5. The number of pyridine rings is 1. The highest BCUT2D eigenvalue weighted by Crippen LogP contribution is 2.25. The molecule has 1 aromatic carbocycles. The topological polar surface area (TPSA) is 59.3 Å². The van der Waals surface area contributed by atoms with Crippen molar-refractivity contribution in [1.29, 1.82) is 0 Å². The normalized spacial score (nSPS) is 11.0. The van der Waals surface area contributed by atoms with Gasteiger partial charge in [0.25, 0.3) is 5.91 Å². The van der Waals surface area contributed by atoms with Crippen molar-refractivity contribution < 1.29 is 4.79 Å². The number of aryl methyl sites for hydroxylation is 2. The van der Waals surface area contributed by atoms with Crippen molar-refractivity contribution in [3.63, 3.8) is 0 Å². The Balaban J connectivity index is 1.63. The summed E-state index contributed by atoms with van der Waals surface area (Å²) >= 11 is 1.41. The zero-order valence-corrected chi connectivity index (χ0v) is 14.7. The van der Waals surface area contributed by atoms with E-state index in [1.807, 2.05) is 72.3 Å². The molecule has 0 atom stereocenters. The zero-order chi connectivity index (χ0) is 17.4. The number of amides is 1.